The summed E-state index contributed by atoms with van der Waals surface area (Å²) in [5.74, 6) is 2.81. The topological polar surface area (TPSA) is 115 Å². The van der Waals surface area contributed by atoms with Gasteiger partial charge in [0.05, 0.1) is 11.5 Å². The van der Waals surface area contributed by atoms with E-state index in [9.17, 15) is 10.1 Å². The van der Waals surface area contributed by atoms with Crippen molar-refractivity contribution in [2.75, 3.05) is 56.3 Å². The number of benzene rings is 2. The molecule has 2 aliphatic heterocycles. The Morgan fingerprint density at radius 1 is 1.03 bits per heavy atom. The van der Waals surface area contributed by atoms with Crippen LogP contribution < -0.4 is 24.4 Å². The summed E-state index contributed by atoms with van der Waals surface area (Å²) in [7, 11) is 0. The summed E-state index contributed by atoms with van der Waals surface area (Å²) in [4.78, 5) is 24.1. The number of fused-ring (bicyclic) bond motifs is 1. The van der Waals surface area contributed by atoms with E-state index in [0.717, 1.165) is 42.4 Å². The second kappa shape index (κ2) is 10.4. The van der Waals surface area contributed by atoms with Gasteiger partial charge in [0.15, 0.2) is 11.5 Å². The lowest BCUT2D eigenvalue weighted by Gasteiger charge is -2.35. The molecular weight excluding hydrogens is 452 g/mol. The molecule has 2 aromatic carbocycles. The predicted molar refractivity (Wildman–Crippen MR) is 129 cm³/mol. The normalized spacial score (nSPS) is 15.1. The van der Waals surface area contributed by atoms with Crippen LogP contribution in [0.4, 0.5) is 17.3 Å². The van der Waals surface area contributed by atoms with Crippen molar-refractivity contribution in [2.45, 2.75) is 6.54 Å². The smallest absolute Gasteiger partial charge is 0.353 e. The van der Waals surface area contributed by atoms with Crippen molar-refractivity contribution in [1.29, 1.82) is 0 Å². The van der Waals surface area contributed by atoms with Crippen LogP contribution in [0.3, 0.4) is 0 Å². The fourth-order valence-electron chi connectivity index (χ4n) is 4.17. The van der Waals surface area contributed by atoms with Crippen molar-refractivity contribution >= 4 is 17.3 Å². The summed E-state index contributed by atoms with van der Waals surface area (Å²) in [6.07, 6.45) is 1.36. The molecular formula is C24H26N6O5. The summed E-state index contributed by atoms with van der Waals surface area (Å²) in [6, 6.07) is 15.4. The first-order chi connectivity index (χ1) is 17.2. The van der Waals surface area contributed by atoms with Gasteiger partial charge >= 0.3 is 5.69 Å². The highest BCUT2D eigenvalue weighted by Crippen LogP contribution is 2.34. The summed E-state index contributed by atoms with van der Waals surface area (Å²) in [5, 5.41) is 15.0. The Labute approximate surface area is 202 Å². The number of aromatic nitrogens is 2. The van der Waals surface area contributed by atoms with Crippen molar-refractivity contribution < 1.29 is 19.1 Å². The van der Waals surface area contributed by atoms with Crippen molar-refractivity contribution in [3.63, 3.8) is 0 Å². The summed E-state index contributed by atoms with van der Waals surface area (Å²) >= 11 is 0. The van der Waals surface area contributed by atoms with Crippen LogP contribution in [0.5, 0.6) is 17.2 Å². The molecule has 3 aromatic rings. The van der Waals surface area contributed by atoms with E-state index >= 15 is 0 Å². The first-order valence-corrected chi connectivity index (χ1v) is 11.4. The summed E-state index contributed by atoms with van der Waals surface area (Å²) in [5.41, 5.74) is 1.02. The maximum absolute atomic E-state index is 11.9. The SMILES string of the molecule is O=[N+]([O-])c1c(NCCOc2ccccc2)ncnc1N1CCN(Cc2ccc3c(c2)OCO3)CC1. The lowest BCUT2D eigenvalue weighted by atomic mass is 10.1. The van der Waals surface area contributed by atoms with Gasteiger partial charge in [-0.1, -0.05) is 24.3 Å². The van der Waals surface area contributed by atoms with Crippen LogP contribution in [0.1, 0.15) is 5.56 Å². The molecule has 0 bridgehead atoms. The van der Waals surface area contributed by atoms with Crippen LogP contribution >= 0.6 is 0 Å². The second-order valence-electron chi connectivity index (χ2n) is 8.19. The standard InChI is InChI=1S/C24H26N6O5/c31-30(32)22-23(25-8-13-33-19-4-2-1-3-5-19)26-16-27-24(22)29-11-9-28(10-12-29)15-18-6-7-20-21(14-18)35-17-34-20/h1-7,14,16H,8-13,15,17H2,(H,25,26,27). The molecule has 182 valence electrons. The number of anilines is 2. The van der Waals surface area contributed by atoms with Crippen LogP contribution in [0.25, 0.3) is 0 Å². The van der Waals surface area contributed by atoms with Gasteiger partial charge in [-0.15, -0.1) is 0 Å². The third kappa shape index (κ3) is 5.35. The Morgan fingerprint density at radius 2 is 1.83 bits per heavy atom. The third-order valence-electron chi connectivity index (χ3n) is 5.91. The van der Waals surface area contributed by atoms with Gasteiger partial charge < -0.3 is 24.4 Å². The van der Waals surface area contributed by atoms with Gasteiger partial charge in [-0.3, -0.25) is 15.0 Å². The molecule has 0 saturated carbocycles. The Kier molecular flexibility index (Phi) is 6.75. The molecule has 5 rings (SSSR count). The van der Waals surface area contributed by atoms with Crippen molar-refractivity contribution in [1.82, 2.24) is 14.9 Å². The molecule has 11 nitrogen and oxygen atoms in total. The molecule has 1 fully saturated rings. The molecule has 1 N–H and O–H groups in total. The highest BCUT2D eigenvalue weighted by molar-refractivity contribution is 5.70. The van der Waals surface area contributed by atoms with Crippen LogP contribution in [0, 0.1) is 10.1 Å². The van der Waals surface area contributed by atoms with Gasteiger partial charge in [0.25, 0.3) is 0 Å². The fraction of sp³-hybridized carbons (Fsp3) is 0.333. The molecule has 1 aromatic heterocycles. The minimum Gasteiger partial charge on any atom is -0.492 e. The summed E-state index contributed by atoms with van der Waals surface area (Å²) < 4.78 is 16.5. The van der Waals surface area contributed by atoms with Crippen LogP contribution in [-0.4, -0.2) is 65.9 Å². The van der Waals surface area contributed by atoms with Gasteiger partial charge in [-0.25, -0.2) is 9.97 Å². The van der Waals surface area contributed by atoms with Crippen LogP contribution in [0.2, 0.25) is 0 Å². The van der Waals surface area contributed by atoms with Gasteiger partial charge in [0.2, 0.25) is 18.4 Å². The largest absolute Gasteiger partial charge is 0.492 e. The first-order valence-electron chi connectivity index (χ1n) is 11.4. The number of ether oxygens (including phenoxy) is 3. The van der Waals surface area contributed by atoms with E-state index in [0.29, 0.717) is 32.1 Å². The van der Waals surface area contributed by atoms with E-state index in [1.165, 1.54) is 6.33 Å². The Bertz CT molecular complexity index is 1170. The average Bonchev–Trinajstić information content (AvgIpc) is 3.35. The van der Waals surface area contributed by atoms with Gasteiger partial charge in [0, 0.05) is 32.7 Å². The minimum atomic E-state index is -0.422. The zero-order chi connectivity index (χ0) is 24.0. The fourth-order valence-corrected chi connectivity index (χ4v) is 4.17. The van der Waals surface area contributed by atoms with E-state index in [1.807, 2.05) is 53.4 Å². The zero-order valence-electron chi connectivity index (χ0n) is 19.1. The molecule has 2 aliphatic rings. The first kappa shape index (κ1) is 22.7. The number of rotatable bonds is 9. The number of piperazine rings is 1. The number of para-hydroxylation sites is 1. The number of nitrogens with one attached hydrogen (secondary N) is 1. The minimum absolute atomic E-state index is 0.114. The molecule has 1 saturated heterocycles. The van der Waals surface area contributed by atoms with E-state index in [4.69, 9.17) is 14.2 Å². The molecule has 11 heteroatoms. The number of hydrogen-bond acceptors (Lipinski definition) is 10. The predicted octanol–water partition coefficient (Wildman–Crippen LogP) is 2.93. The molecule has 0 unspecified atom stereocenters. The Balaban J connectivity index is 1.19. The van der Waals surface area contributed by atoms with E-state index in [-0.39, 0.29) is 18.3 Å². The number of nitrogens with zero attached hydrogens (tertiary/aromatic N) is 5. The maximum Gasteiger partial charge on any atom is 0.353 e. The third-order valence-corrected chi connectivity index (χ3v) is 5.91. The molecule has 0 radical (unpaired) electrons. The number of nitro groups is 1. The van der Waals surface area contributed by atoms with Crippen molar-refractivity contribution in [3.05, 3.63) is 70.5 Å². The monoisotopic (exact) mass is 478 g/mol. The van der Waals surface area contributed by atoms with E-state index in [1.54, 1.807) is 0 Å². The second-order valence-corrected chi connectivity index (χ2v) is 8.19. The quantitative estimate of drug-likeness (QED) is 0.280. The average molecular weight is 479 g/mol. The Morgan fingerprint density at radius 3 is 2.63 bits per heavy atom. The van der Waals surface area contributed by atoms with E-state index < -0.39 is 4.92 Å². The van der Waals surface area contributed by atoms with Gasteiger partial charge in [-0.05, 0) is 29.8 Å². The highest BCUT2D eigenvalue weighted by Gasteiger charge is 2.29. The molecule has 0 aliphatic carbocycles. The maximum atomic E-state index is 11.9. The molecule has 0 spiro atoms. The lowest BCUT2D eigenvalue weighted by molar-refractivity contribution is -0.383. The highest BCUT2D eigenvalue weighted by atomic mass is 16.7. The lowest BCUT2D eigenvalue weighted by Crippen LogP contribution is -2.46. The molecule has 35 heavy (non-hydrogen) atoms. The molecule has 0 amide bonds. The summed E-state index contributed by atoms with van der Waals surface area (Å²) in [6.45, 7) is 4.50. The van der Waals surface area contributed by atoms with Crippen LogP contribution in [0.15, 0.2) is 54.9 Å². The zero-order valence-corrected chi connectivity index (χ0v) is 19.1. The van der Waals surface area contributed by atoms with Gasteiger partial charge in [0.1, 0.15) is 18.7 Å². The van der Waals surface area contributed by atoms with Crippen molar-refractivity contribution in [2.24, 2.45) is 0 Å². The number of hydrogen-bond donors (Lipinski definition) is 1. The van der Waals surface area contributed by atoms with Crippen LogP contribution in [-0.2, 0) is 6.54 Å². The molecule has 0 atom stereocenters. The molecule has 3 heterocycles. The van der Waals surface area contributed by atoms with E-state index in [2.05, 4.69) is 20.2 Å². The van der Waals surface area contributed by atoms with Gasteiger partial charge in [-0.2, -0.15) is 0 Å². The van der Waals surface area contributed by atoms with Crippen molar-refractivity contribution in [3.8, 4) is 17.2 Å². The Hall–Kier alpha value is -4.12.